The van der Waals surface area contributed by atoms with Gasteiger partial charge in [0.2, 0.25) is 0 Å². The number of rotatable bonds is 3. The van der Waals surface area contributed by atoms with E-state index in [0.29, 0.717) is 11.4 Å². The molecule has 0 fully saturated rings. The first kappa shape index (κ1) is 13.2. The molecule has 0 aliphatic rings. The lowest BCUT2D eigenvalue weighted by Gasteiger charge is -2.00. The number of nitrogens with one attached hydrogen (secondary N) is 1. The van der Waals surface area contributed by atoms with Crippen molar-refractivity contribution in [1.82, 2.24) is 9.97 Å². The van der Waals surface area contributed by atoms with Crippen LogP contribution >= 0.6 is 11.3 Å². The molecule has 2 heterocycles. The number of aryl methyl sites for hydroxylation is 1. The lowest BCUT2D eigenvalue weighted by molar-refractivity contribution is 1.18. The zero-order valence-electron chi connectivity index (χ0n) is 11.2. The maximum atomic E-state index is 8.75. The standard InChI is InChI=1S/C15H11N5S/c1-10-8-21-14-13(10)17-9-18-15(14)20-19-7-12-4-2-11(6-16)3-5-12/h2-5,7-9H,1H3,(H,17,18,20)/b19-7+. The van der Waals surface area contributed by atoms with Crippen molar-refractivity contribution in [2.75, 3.05) is 5.43 Å². The third-order valence-corrected chi connectivity index (χ3v) is 4.05. The van der Waals surface area contributed by atoms with Crippen LogP contribution in [0.4, 0.5) is 5.82 Å². The monoisotopic (exact) mass is 293 g/mol. The Morgan fingerprint density at radius 2 is 2.10 bits per heavy atom. The largest absolute Gasteiger partial charge is 0.260 e. The molecule has 0 unspecified atom stereocenters. The van der Waals surface area contributed by atoms with Crippen LogP contribution in [0.15, 0.2) is 41.1 Å². The summed E-state index contributed by atoms with van der Waals surface area (Å²) in [7, 11) is 0. The van der Waals surface area contributed by atoms with Gasteiger partial charge in [-0.1, -0.05) is 12.1 Å². The first-order chi connectivity index (χ1) is 10.3. The molecular weight excluding hydrogens is 282 g/mol. The number of hydrogen-bond donors (Lipinski definition) is 1. The summed E-state index contributed by atoms with van der Waals surface area (Å²) in [5, 5.41) is 15.0. The Balaban J connectivity index is 1.79. The van der Waals surface area contributed by atoms with E-state index in [0.717, 1.165) is 21.3 Å². The van der Waals surface area contributed by atoms with Crippen molar-refractivity contribution in [1.29, 1.82) is 5.26 Å². The van der Waals surface area contributed by atoms with Gasteiger partial charge in [0, 0.05) is 0 Å². The number of hydrazone groups is 1. The second-order valence-electron chi connectivity index (χ2n) is 4.42. The molecule has 3 aromatic rings. The van der Waals surface area contributed by atoms with Gasteiger partial charge in [0.05, 0.1) is 28.1 Å². The lowest BCUT2D eigenvalue weighted by Crippen LogP contribution is -1.94. The van der Waals surface area contributed by atoms with Crippen LogP contribution in [0.25, 0.3) is 10.2 Å². The number of fused-ring (bicyclic) bond motifs is 1. The quantitative estimate of drug-likeness (QED) is 0.594. The number of nitrogens with zero attached hydrogens (tertiary/aromatic N) is 4. The summed E-state index contributed by atoms with van der Waals surface area (Å²) < 4.78 is 0.993. The Morgan fingerprint density at radius 1 is 1.29 bits per heavy atom. The van der Waals surface area contributed by atoms with E-state index in [1.807, 2.05) is 19.1 Å². The number of nitriles is 1. The van der Waals surface area contributed by atoms with Gasteiger partial charge in [-0.25, -0.2) is 9.97 Å². The van der Waals surface area contributed by atoms with Crippen LogP contribution in [0.3, 0.4) is 0 Å². The molecule has 2 aromatic heterocycles. The Bertz CT molecular complexity index is 843. The van der Waals surface area contributed by atoms with E-state index in [-0.39, 0.29) is 0 Å². The Morgan fingerprint density at radius 3 is 2.86 bits per heavy atom. The SMILES string of the molecule is Cc1csc2c(N/N=C/c3ccc(C#N)cc3)ncnc12. The molecule has 3 rings (SSSR count). The molecular formula is C15H11N5S. The van der Waals surface area contributed by atoms with E-state index in [9.17, 15) is 0 Å². The average molecular weight is 293 g/mol. The Kier molecular flexibility index (Phi) is 3.58. The van der Waals surface area contributed by atoms with E-state index in [4.69, 9.17) is 5.26 Å². The molecule has 0 saturated heterocycles. The minimum absolute atomic E-state index is 0.631. The van der Waals surface area contributed by atoms with Gasteiger partial charge in [0.25, 0.3) is 0 Å². The maximum absolute atomic E-state index is 8.75. The van der Waals surface area contributed by atoms with Crippen LogP contribution in [0.1, 0.15) is 16.7 Å². The van der Waals surface area contributed by atoms with Crippen LogP contribution in [0, 0.1) is 18.3 Å². The van der Waals surface area contributed by atoms with Gasteiger partial charge in [-0.05, 0) is 35.6 Å². The topological polar surface area (TPSA) is 74.0 Å². The summed E-state index contributed by atoms with van der Waals surface area (Å²) in [5.41, 5.74) is 6.57. The van der Waals surface area contributed by atoms with Crippen molar-refractivity contribution in [3.63, 3.8) is 0 Å². The van der Waals surface area contributed by atoms with Crippen molar-refractivity contribution in [2.24, 2.45) is 5.10 Å². The summed E-state index contributed by atoms with van der Waals surface area (Å²) in [5.74, 6) is 0.697. The minimum Gasteiger partial charge on any atom is -0.260 e. The summed E-state index contributed by atoms with van der Waals surface area (Å²) in [6.07, 6.45) is 3.22. The second kappa shape index (κ2) is 5.69. The molecule has 1 N–H and O–H groups in total. The van der Waals surface area contributed by atoms with Crippen LogP contribution < -0.4 is 5.43 Å². The summed E-state index contributed by atoms with van der Waals surface area (Å²) in [6.45, 7) is 2.02. The molecule has 0 amide bonds. The minimum atomic E-state index is 0.631. The highest BCUT2D eigenvalue weighted by molar-refractivity contribution is 7.18. The zero-order chi connectivity index (χ0) is 14.7. The molecule has 0 bridgehead atoms. The molecule has 21 heavy (non-hydrogen) atoms. The van der Waals surface area contributed by atoms with Gasteiger partial charge in [-0.3, -0.25) is 5.43 Å². The molecule has 0 aliphatic heterocycles. The summed E-state index contributed by atoms with van der Waals surface area (Å²) in [6, 6.07) is 9.28. The van der Waals surface area contributed by atoms with Crippen LogP contribution in [-0.4, -0.2) is 16.2 Å². The molecule has 0 atom stereocenters. The fourth-order valence-corrected chi connectivity index (χ4v) is 2.80. The number of hydrogen-bond acceptors (Lipinski definition) is 6. The van der Waals surface area contributed by atoms with Crippen LogP contribution in [0.2, 0.25) is 0 Å². The van der Waals surface area contributed by atoms with Gasteiger partial charge in [-0.15, -0.1) is 11.3 Å². The number of benzene rings is 1. The molecule has 0 radical (unpaired) electrons. The van der Waals surface area contributed by atoms with Crippen molar-refractivity contribution in [3.8, 4) is 6.07 Å². The van der Waals surface area contributed by atoms with Gasteiger partial charge >= 0.3 is 0 Å². The Labute approximate surface area is 125 Å². The Hall–Kier alpha value is -2.78. The number of aromatic nitrogens is 2. The van der Waals surface area contributed by atoms with E-state index < -0.39 is 0 Å². The molecule has 6 heteroatoms. The molecule has 0 spiro atoms. The molecule has 1 aromatic carbocycles. The van der Waals surface area contributed by atoms with Crippen LogP contribution in [-0.2, 0) is 0 Å². The van der Waals surface area contributed by atoms with E-state index >= 15 is 0 Å². The fourth-order valence-electron chi connectivity index (χ4n) is 1.86. The first-order valence-corrected chi connectivity index (χ1v) is 7.14. The highest BCUT2D eigenvalue weighted by atomic mass is 32.1. The second-order valence-corrected chi connectivity index (χ2v) is 5.30. The van der Waals surface area contributed by atoms with E-state index in [1.165, 1.54) is 6.33 Å². The average Bonchev–Trinajstić information content (AvgIpc) is 2.91. The molecule has 102 valence electrons. The predicted octanol–water partition coefficient (Wildman–Crippen LogP) is 3.32. The van der Waals surface area contributed by atoms with Gasteiger partial charge in [-0.2, -0.15) is 10.4 Å². The van der Waals surface area contributed by atoms with Gasteiger partial charge < -0.3 is 0 Å². The summed E-state index contributed by atoms with van der Waals surface area (Å²) >= 11 is 1.59. The van der Waals surface area contributed by atoms with Crippen molar-refractivity contribution < 1.29 is 0 Å². The number of anilines is 1. The predicted molar refractivity (Wildman–Crippen MR) is 84.5 cm³/mol. The fraction of sp³-hybridized carbons (Fsp3) is 0.0667. The number of thiophene rings is 1. The normalized spacial score (nSPS) is 10.9. The lowest BCUT2D eigenvalue weighted by atomic mass is 10.2. The highest BCUT2D eigenvalue weighted by Gasteiger charge is 2.06. The first-order valence-electron chi connectivity index (χ1n) is 6.26. The van der Waals surface area contributed by atoms with E-state index in [2.05, 4.69) is 31.9 Å². The van der Waals surface area contributed by atoms with Crippen LogP contribution in [0.5, 0.6) is 0 Å². The summed E-state index contributed by atoms with van der Waals surface area (Å²) in [4.78, 5) is 8.47. The van der Waals surface area contributed by atoms with Crippen molar-refractivity contribution in [3.05, 3.63) is 52.7 Å². The third kappa shape index (κ3) is 2.73. The molecule has 5 nitrogen and oxygen atoms in total. The smallest absolute Gasteiger partial charge is 0.167 e. The van der Waals surface area contributed by atoms with Crippen molar-refractivity contribution in [2.45, 2.75) is 6.92 Å². The zero-order valence-corrected chi connectivity index (χ0v) is 12.1. The maximum Gasteiger partial charge on any atom is 0.167 e. The highest BCUT2D eigenvalue weighted by Crippen LogP contribution is 2.28. The van der Waals surface area contributed by atoms with Gasteiger partial charge in [0.1, 0.15) is 6.33 Å². The molecule has 0 saturated carbocycles. The van der Waals surface area contributed by atoms with E-state index in [1.54, 1.807) is 29.7 Å². The van der Waals surface area contributed by atoms with Crippen molar-refractivity contribution >= 4 is 33.6 Å². The molecule has 0 aliphatic carbocycles. The van der Waals surface area contributed by atoms with Gasteiger partial charge in [0.15, 0.2) is 5.82 Å². The third-order valence-electron chi connectivity index (χ3n) is 2.95.